The molecule has 1 saturated carbocycles. The van der Waals surface area contributed by atoms with Crippen LogP contribution in [0.5, 0.6) is 0 Å². The molecule has 0 aromatic rings. The Morgan fingerprint density at radius 1 is 1.45 bits per heavy atom. The van der Waals surface area contributed by atoms with Crippen molar-refractivity contribution in [1.29, 1.82) is 0 Å². The van der Waals surface area contributed by atoms with E-state index in [1.54, 1.807) is 0 Å². The van der Waals surface area contributed by atoms with Gasteiger partial charge in [-0.3, -0.25) is 0 Å². The van der Waals surface area contributed by atoms with Crippen molar-refractivity contribution in [3.05, 3.63) is 0 Å². The Hall–Kier alpha value is -0.250. The van der Waals surface area contributed by atoms with Gasteiger partial charge in [0.25, 0.3) is 0 Å². The molecule has 0 bridgehead atoms. The molecule has 0 aromatic heterocycles. The van der Waals surface area contributed by atoms with E-state index in [4.69, 9.17) is 0 Å². The van der Waals surface area contributed by atoms with E-state index in [1.807, 2.05) is 13.8 Å². The molecule has 1 aliphatic carbocycles. The first kappa shape index (κ1) is 8.84. The average Bonchev–Trinajstić information content (AvgIpc) is 2.33. The monoisotopic (exact) mass is 167 g/mol. The zero-order valence-electron chi connectivity index (χ0n) is 6.63. The summed E-state index contributed by atoms with van der Waals surface area (Å²) in [5.41, 5.74) is 0.0747. The Bertz CT molecular complexity index is 150. The Kier molecular flexibility index (Phi) is 1.90. The maximum absolute atomic E-state index is 11.6. The zero-order chi connectivity index (χ0) is 8.70. The molecule has 0 aromatic carbocycles. The highest BCUT2D eigenvalue weighted by Crippen LogP contribution is 2.44. The number of hydrogen-bond acceptors (Lipinski definition) is 1. The van der Waals surface area contributed by atoms with Crippen molar-refractivity contribution in [2.45, 2.75) is 32.5 Å². The van der Waals surface area contributed by atoms with Crippen LogP contribution in [0.2, 0.25) is 0 Å². The molecule has 1 fully saturated rings. The Morgan fingerprint density at radius 2 is 1.91 bits per heavy atom. The molecule has 0 saturated heterocycles. The molecule has 1 atom stereocenters. The lowest BCUT2D eigenvalue weighted by molar-refractivity contribution is -0.125. The van der Waals surface area contributed by atoms with Gasteiger partial charge in [-0.15, -0.1) is 0 Å². The molecule has 4 heteroatoms. The molecule has 1 nitrogen and oxygen atoms in total. The van der Waals surface area contributed by atoms with Crippen LogP contribution in [0.3, 0.4) is 0 Å². The number of halogens is 3. The Balaban J connectivity index is 2.16. The van der Waals surface area contributed by atoms with Gasteiger partial charge in [0, 0.05) is 6.04 Å². The van der Waals surface area contributed by atoms with Crippen molar-refractivity contribution < 1.29 is 13.2 Å². The quantitative estimate of drug-likeness (QED) is 0.662. The third-order valence-electron chi connectivity index (χ3n) is 2.06. The van der Waals surface area contributed by atoms with Gasteiger partial charge in [0.1, 0.15) is 0 Å². The molecule has 1 unspecified atom stereocenters. The minimum absolute atomic E-state index is 0.0594. The van der Waals surface area contributed by atoms with E-state index >= 15 is 0 Å². The minimum atomic E-state index is -4.07. The summed E-state index contributed by atoms with van der Waals surface area (Å²) in [5.74, 6) is 0. The first-order valence-corrected chi connectivity index (χ1v) is 3.61. The van der Waals surface area contributed by atoms with E-state index < -0.39 is 12.7 Å². The van der Waals surface area contributed by atoms with Crippen molar-refractivity contribution in [3.63, 3.8) is 0 Å². The summed E-state index contributed by atoms with van der Waals surface area (Å²) in [4.78, 5) is 0. The van der Waals surface area contributed by atoms with Gasteiger partial charge in [-0.1, -0.05) is 13.8 Å². The molecule has 11 heavy (non-hydrogen) atoms. The topological polar surface area (TPSA) is 12.0 Å². The lowest BCUT2D eigenvalue weighted by Gasteiger charge is -2.08. The predicted octanol–water partition coefficient (Wildman–Crippen LogP) is 1.94. The van der Waals surface area contributed by atoms with Gasteiger partial charge < -0.3 is 5.32 Å². The molecule has 0 spiro atoms. The Morgan fingerprint density at radius 3 is 2.18 bits per heavy atom. The second-order valence-electron chi connectivity index (χ2n) is 3.74. The summed E-state index contributed by atoms with van der Waals surface area (Å²) in [6, 6.07) is 0.0594. The summed E-state index contributed by atoms with van der Waals surface area (Å²) in [7, 11) is 0. The van der Waals surface area contributed by atoms with E-state index in [2.05, 4.69) is 5.32 Å². The third kappa shape index (κ3) is 2.69. The molecule has 0 aliphatic heterocycles. The van der Waals surface area contributed by atoms with Gasteiger partial charge in [0.15, 0.2) is 0 Å². The smallest absolute Gasteiger partial charge is 0.305 e. The van der Waals surface area contributed by atoms with Crippen LogP contribution in [-0.4, -0.2) is 18.8 Å². The van der Waals surface area contributed by atoms with Gasteiger partial charge in [0.2, 0.25) is 0 Å². The first-order valence-electron chi connectivity index (χ1n) is 3.61. The SMILES string of the molecule is CC1(C)CC1NCC(F)(F)F. The largest absolute Gasteiger partial charge is 0.401 e. The van der Waals surface area contributed by atoms with Gasteiger partial charge >= 0.3 is 6.18 Å². The standard InChI is InChI=1S/C7H12F3N/c1-6(2)3-5(6)11-4-7(8,9)10/h5,11H,3-4H2,1-2H3. The maximum Gasteiger partial charge on any atom is 0.401 e. The van der Waals surface area contributed by atoms with Crippen molar-refractivity contribution in [3.8, 4) is 0 Å². The molecule has 0 heterocycles. The van der Waals surface area contributed by atoms with Crippen molar-refractivity contribution in [1.82, 2.24) is 5.32 Å². The molecule has 0 radical (unpaired) electrons. The van der Waals surface area contributed by atoms with Gasteiger partial charge in [-0.2, -0.15) is 13.2 Å². The summed E-state index contributed by atoms with van der Waals surface area (Å²) in [5, 5.41) is 2.46. The normalized spacial score (nSPS) is 28.6. The number of hydrogen-bond donors (Lipinski definition) is 1. The summed E-state index contributed by atoms with van der Waals surface area (Å²) in [6.45, 7) is 3.06. The fourth-order valence-corrected chi connectivity index (χ4v) is 1.05. The second kappa shape index (κ2) is 2.37. The first-order chi connectivity index (χ1) is 4.81. The van der Waals surface area contributed by atoms with Crippen LogP contribution in [0.1, 0.15) is 20.3 Å². The van der Waals surface area contributed by atoms with Crippen LogP contribution in [0, 0.1) is 5.41 Å². The number of rotatable bonds is 2. The summed E-state index contributed by atoms with van der Waals surface area (Å²) >= 11 is 0. The summed E-state index contributed by atoms with van der Waals surface area (Å²) < 4.78 is 34.9. The molecular formula is C7H12F3N. The van der Waals surface area contributed by atoms with E-state index in [0.717, 1.165) is 6.42 Å². The zero-order valence-corrected chi connectivity index (χ0v) is 6.63. The lowest BCUT2D eigenvalue weighted by atomic mass is 10.2. The average molecular weight is 167 g/mol. The highest BCUT2D eigenvalue weighted by molar-refractivity contribution is 5.01. The lowest BCUT2D eigenvalue weighted by Crippen LogP contribution is -2.32. The van der Waals surface area contributed by atoms with Crippen LogP contribution < -0.4 is 5.32 Å². The van der Waals surface area contributed by atoms with Crippen LogP contribution >= 0.6 is 0 Å². The van der Waals surface area contributed by atoms with Gasteiger partial charge in [-0.05, 0) is 11.8 Å². The number of alkyl halides is 3. The third-order valence-corrected chi connectivity index (χ3v) is 2.06. The van der Waals surface area contributed by atoms with Crippen molar-refractivity contribution in [2.75, 3.05) is 6.54 Å². The van der Waals surface area contributed by atoms with Crippen molar-refractivity contribution >= 4 is 0 Å². The molecule has 1 aliphatic rings. The van der Waals surface area contributed by atoms with Crippen LogP contribution in [0.4, 0.5) is 13.2 Å². The van der Waals surface area contributed by atoms with Crippen LogP contribution in [0.15, 0.2) is 0 Å². The van der Waals surface area contributed by atoms with E-state index in [1.165, 1.54) is 0 Å². The summed E-state index contributed by atoms with van der Waals surface area (Å²) in [6.07, 6.45) is -3.22. The minimum Gasteiger partial charge on any atom is -0.305 e. The number of nitrogens with one attached hydrogen (secondary N) is 1. The fourth-order valence-electron chi connectivity index (χ4n) is 1.05. The van der Waals surface area contributed by atoms with E-state index in [-0.39, 0.29) is 11.5 Å². The van der Waals surface area contributed by atoms with E-state index in [9.17, 15) is 13.2 Å². The maximum atomic E-state index is 11.6. The van der Waals surface area contributed by atoms with Gasteiger partial charge in [-0.25, -0.2) is 0 Å². The molecular weight excluding hydrogens is 155 g/mol. The molecule has 1 N–H and O–H groups in total. The van der Waals surface area contributed by atoms with Crippen LogP contribution in [0.25, 0.3) is 0 Å². The fraction of sp³-hybridized carbons (Fsp3) is 1.00. The van der Waals surface area contributed by atoms with E-state index in [0.29, 0.717) is 0 Å². The van der Waals surface area contributed by atoms with Gasteiger partial charge in [0.05, 0.1) is 6.54 Å². The molecule has 1 rings (SSSR count). The van der Waals surface area contributed by atoms with Crippen molar-refractivity contribution in [2.24, 2.45) is 5.41 Å². The second-order valence-corrected chi connectivity index (χ2v) is 3.74. The van der Waals surface area contributed by atoms with Crippen LogP contribution in [-0.2, 0) is 0 Å². The highest BCUT2D eigenvalue weighted by atomic mass is 19.4. The highest BCUT2D eigenvalue weighted by Gasteiger charge is 2.46. The Labute approximate surface area is 64.0 Å². The molecule has 66 valence electrons. The molecule has 0 amide bonds. The predicted molar refractivity (Wildman–Crippen MR) is 36.2 cm³/mol.